The van der Waals surface area contributed by atoms with E-state index in [0.717, 1.165) is 16.3 Å². The average Bonchev–Trinajstić information content (AvgIpc) is 3.07. The maximum absolute atomic E-state index is 12.0. The van der Waals surface area contributed by atoms with E-state index in [4.69, 9.17) is 9.47 Å². The molecule has 0 spiro atoms. The molecule has 2 N–H and O–H groups in total. The number of aliphatic imine (C=N–C) groups is 1. The summed E-state index contributed by atoms with van der Waals surface area (Å²) >= 11 is 1.34. The molecular weight excluding hydrogens is 400 g/mol. The van der Waals surface area contributed by atoms with Crippen LogP contribution < -0.4 is 15.4 Å². The van der Waals surface area contributed by atoms with E-state index in [1.807, 2.05) is 58.9 Å². The van der Waals surface area contributed by atoms with Crippen LogP contribution in [0.5, 0.6) is 5.75 Å². The summed E-state index contributed by atoms with van der Waals surface area (Å²) in [7, 11) is 1.72. The van der Waals surface area contributed by atoms with Crippen molar-refractivity contribution >= 4 is 23.3 Å². The number of ether oxygens (including phenoxy) is 2. The van der Waals surface area contributed by atoms with Gasteiger partial charge in [-0.15, -0.1) is 11.3 Å². The maximum atomic E-state index is 12.0. The molecule has 0 saturated carbocycles. The normalized spacial score (nSPS) is 13.0. The van der Waals surface area contributed by atoms with E-state index in [1.165, 1.54) is 11.3 Å². The first-order chi connectivity index (χ1) is 14.1. The predicted octanol–water partition coefficient (Wildman–Crippen LogP) is 4.23. The van der Waals surface area contributed by atoms with Crippen LogP contribution in [-0.4, -0.2) is 36.2 Å². The highest BCUT2D eigenvalue weighted by Crippen LogP contribution is 2.25. The van der Waals surface area contributed by atoms with Crippen molar-refractivity contribution in [3.05, 3.63) is 45.4 Å². The van der Waals surface area contributed by atoms with Crippen molar-refractivity contribution in [1.82, 2.24) is 15.6 Å². The summed E-state index contributed by atoms with van der Waals surface area (Å²) < 4.78 is 11.2. The number of nitrogens with one attached hydrogen (secondary N) is 2. The first kappa shape index (κ1) is 23.7. The summed E-state index contributed by atoms with van der Waals surface area (Å²) in [6, 6.07) is 7.83. The zero-order valence-corrected chi connectivity index (χ0v) is 19.6. The van der Waals surface area contributed by atoms with E-state index in [0.29, 0.717) is 29.7 Å². The van der Waals surface area contributed by atoms with Crippen molar-refractivity contribution in [3.8, 4) is 5.75 Å². The molecule has 0 aliphatic rings. The summed E-state index contributed by atoms with van der Waals surface area (Å²) in [6.45, 7) is 12.6. The maximum Gasteiger partial charge on any atom is 0.350 e. The van der Waals surface area contributed by atoms with Crippen molar-refractivity contribution in [2.45, 2.75) is 59.7 Å². The van der Waals surface area contributed by atoms with Gasteiger partial charge in [0, 0.05) is 19.2 Å². The van der Waals surface area contributed by atoms with Gasteiger partial charge < -0.3 is 20.1 Å². The number of para-hydroxylation sites is 1. The van der Waals surface area contributed by atoms with Gasteiger partial charge in [0.15, 0.2) is 5.96 Å². The van der Waals surface area contributed by atoms with Crippen molar-refractivity contribution in [1.29, 1.82) is 0 Å². The SMILES string of the molecule is CCOC(=O)c1sc(C(C)NC(=NC)NCc2ccccc2OC(C)(C)C)nc1C. The smallest absolute Gasteiger partial charge is 0.350 e. The van der Waals surface area contributed by atoms with Crippen LogP contribution in [0.25, 0.3) is 0 Å². The Bertz CT molecular complexity index is 887. The molecule has 1 heterocycles. The van der Waals surface area contributed by atoms with Gasteiger partial charge in [0.25, 0.3) is 0 Å². The Balaban J connectivity index is 2.04. The van der Waals surface area contributed by atoms with E-state index in [1.54, 1.807) is 14.0 Å². The molecule has 0 aliphatic carbocycles. The fourth-order valence-corrected chi connectivity index (χ4v) is 3.67. The molecule has 2 rings (SSSR count). The van der Waals surface area contributed by atoms with Gasteiger partial charge in [-0.2, -0.15) is 0 Å². The lowest BCUT2D eigenvalue weighted by molar-refractivity contribution is 0.0531. The molecule has 0 fully saturated rings. The second-order valence-corrected chi connectivity index (χ2v) is 8.83. The fourth-order valence-electron chi connectivity index (χ4n) is 2.71. The van der Waals surface area contributed by atoms with E-state index in [-0.39, 0.29) is 17.6 Å². The molecule has 164 valence electrons. The van der Waals surface area contributed by atoms with Crippen LogP contribution in [0.2, 0.25) is 0 Å². The second-order valence-electron chi connectivity index (χ2n) is 7.80. The van der Waals surface area contributed by atoms with E-state index in [9.17, 15) is 4.79 Å². The van der Waals surface area contributed by atoms with Gasteiger partial charge in [-0.1, -0.05) is 18.2 Å². The lowest BCUT2D eigenvalue weighted by Crippen LogP contribution is -2.38. The summed E-state index contributed by atoms with van der Waals surface area (Å²) in [5.41, 5.74) is 1.44. The summed E-state index contributed by atoms with van der Waals surface area (Å²) in [6.07, 6.45) is 0. The van der Waals surface area contributed by atoms with Crippen LogP contribution in [-0.2, 0) is 11.3 Å². The highest BCUT2D eigenvalue weighted by atomic mass is 32.1. The Morgan fingerprint density at radius 1 is 1.30 bits per heavy atom. The third-order valence-corrected chi connectivity index (χ3v) is 5.38. The monoisotopic (exact) mass is 432 g/mol. The molecule has 1 aromatic heterocycles. The molecule has 0 radical (unpaired) electrons. The van der Waals surface area contributed by atoms with E-state index < -0.39 is 0 Å². The van der Waals surface area contributed by atoms with Crippen LogP contribution in [0.15, 0.2) is 29.3 Å². The average molecular weight is 433 g/mol. The van der Waals surface area contributed by atoms with Crippen molar-refractivity contribution in [2.24, 2.45) is 4.99 Å². The molecule has 0 saturated heterocycles. The zero-order valence-electron chi connectivity index (χ0n) is 18.8. The topological polar surface area (TPSA) is 84.8 Å². The fraction of sp³-hybridized carbons (Fsp3) is 0.500. The highest BCUT2D eigenvalue weighted by molar-refractivity contribution is 7.13. The number of esters is 1. The first-order valence-electron chi connectivity index (χ1n) is 10.0. The third-order valence-electron chi connectivity index (χ3n) is 4.06. The number of nitrogens with zero attached hydrogens (tertiary/aromatic N) is 2. The number of aryl methyl sites for hydroxylation is 1. The molecule has 8 heteroatoms. The quantitative estimate of drug-likeness (QED) is 0.387. The van der Waals surface area contributed by atoms with Gasteiger partial charge in [0.1, 0.15) is 21.2 Å². The van der Waals surface area contributed by atoms with Crippen LogP contribution in [0.1, 0.15) is 66.6 Å². The first-order valence-corrected chi connectivity index (χ1v) is 10.8. The number of benzene rings is 1. The molecule has 7 nitrogen and oxygen atoms in total. The molecular formula is C22H32N4O3S. The molecule has 1 atom stereocenters. The Hall–Kier alpha value is -2.61. The Kier molecular flexibility index (Phi) is 8.23. The Morgan fingerprint density at radius 2 is 2.00 bits per heavy atom. The largest absolute Gasteiger partial charge is 0.488 e. The zero-order chi connectivity index (χ0) is 22.3. The minimum Gasteiger partial charge on any atom is -0.488 e. The van der Waals surface area contributed by atoms with Gasteiger partial charge in [-0.25, -0.2) is 9.78 Å². The number of hydrogen-bond acceptors (Lipinski definition) is 6. The molecule has 2 aromatic rings. The van der Waals surface area contributed by atoms with Crippen molar-refractivity contribution < 1.29 is 14.3 Å². The molecule has 1 aromatic carbocycles. The van der Waals surface area contributed by atoms with E-state index >= 15 is 0 Å². The lowest BCUT2D eigenvalue weighted by atomic mass is 10.1. The molecule has 30 heavy (non-hydrogen) atoms. The third kappa shape index (κ3) is 6.73. The van der Waals surface area contributed by atoms with Crippen LogP contribution >= 0.6 is 11.3 Å². The van der Waals surface area contributed by atoms with Crippen LogP contribution in [0.4, 0.5) is 0 Å². The van der Waals surface area contributed by atoms with Crippen LogP contribution in [0.3, 0.4) is 0 Å². The van der Waals surface area contributed by atoms with Gasteiger partial charge in [0.2, 0.25) is 0 Å². The predicted molar refractivity (Wildman–Crippen MR) is 121 cm³/mol. The molecule has 0 amide bonds. The summed E-state index contributed by atoms with van der Waals surface area (Å²) in [5.74, 6) is 1.15. The Labute approximate surface area is 182 Å². The minimum absolute atomic E-state index is 0.121. The number of carbonyl (C=O) groups excluding carboxylic acids is 1. The highest BCUT2D eigenvalue weighted by Gasteiger charge is 2.20. The minimum atomic E-state index is -0.330. The molecule has 1 unspecified atom stereocenters. The van der Waals surface area contributed by atoms with Gasteiger partial charge in [-0.05, 0) is 47.6 Å². The van der Waals surface area contributed by atoms with Gasteiger partial charge in [-0.3, -0.25) is 4.99 Å². The van der Waals surface area contributed by atoms with Crippen molar-refractivity contribution in [3.63, 3.8) is 0 Å². The van der Waals surface area contributed by atoms with E-state index in [2.05, 4.69) is 20.6 Å². The standard InChI is InChI=1S/C22H32N4O3S/c1-8-28-20(27)18-14(2)25-19(30-18)15(3)26-21(23-7)24-13-16-11-9-10-12-17(16)29-22(4,5)6/h9-12,15H,8,13H2,1-7H3,(H2,23,24,26). The number of thiazole rings is 1. The van der Waals surface area contributed by atoms with Gasteiger partial charge >= 0.3 is 5.97 Å². The van der Waals surface area contributed by atoms with Gasteiger partial charge in [0.05, 0.1) is 18.3 Å². The second kappa shape index (κ2) is 10.4. The molecule has 0 aliphatic heterocycles. The number of aromatic nitrogens is 1. The number of carbonyl (C=O) groups is 1. The lowest BCUT2D eigenvalue weighted by Gasteiger charge is -2.24. The summed E-state index contributed by atoms with van der Waals surface area (Å²) in [5, 5.41) is 7.45. The number of rotatable bonds is 7. The number of guanidine groups is 1. The molecule has 0 bridgehead atoms. The Morgan fingerprint density at radius 3 is 2.63 bits per heavy atom. The summed E-state index contributed by atoms with van der Waals surface area (Å²) in [4.78, 5) is 21.4. The van der Waals surface area contributed by atoms with Crippen molar-refractivity contribution in [2.75, 3.05) is 13.7 Å². The van der Waals surface area contributed by atoms with Crippen LogP contribution in [0, 0.1) is 6.92 Å². The number of hydrogen-bond donors (Lipinski definition) is 2.